The van der Waals surface area contributed by atoms with Crippen LogP contribution < -0.4 is 20.1 Å². The molecule has 0 fully saturated rings. The van der Waals surface area contributed by atoms with Crippen LogP contribution >= 0.6 is 11.6 Å². The smallest absolute Gasteiger partial charge is 0.267 e. The average Bonchev–Trinajstić information content (AvgIpc) is 2.79. The average molecular weight is 472 g/mol. The Hall–Kier alpha value is -3.56. The number of ether oxygens (including phenoxy) is 1. The molecule has 0 bridgehead atoms. The van der Waals surface area contributed by atoms with Gasteiger partial charge in [-0.3, -0.25) is 13.9 Å². The Bertz CT molecular complexity index is 1280. The van der Waals surface area contributed by atoms with E-state index in [2.05, 4.69) is 5.32 Å². The van der Waals surface area contributed by atoms with Crippen LogP contribution in [0.2, 0.25) is 5.02 Å². The highest BCUT2D eigenvalue weighted by atomic mass is 35.5. The first-order valence-electron chi connectivity index (χ1n) is 9.50. The highest BCUT2D eigenvalue weighted by Gasteiger charge is 2.37. The zero-order valence-corrected chi connectivity index (χ0v) is 18.1. The number of fused-ring (bicyclic) bond motifs is 1. The van der Waals surface area contributed by atoms with Gasteiger partial charge >= 0.3 is 0 Å². The molecule has 32 heavy (non-hydrogen) atoms. The van der Waals surface area contributed by atoms with Crippen molar-refractivity contribution in [3.8, 4) is 5.75 Å². The molecule has 0 spiro atoms. The van der Waals surface area contributed by atoms with Crippen LogP contribution in [0.4, 0.5) is 11.4 Å². The first-order valence-corrected chi connectivity index (χ1v) is 11.3. The van der Waals surface area contributed by atoms with Crippen molar-refractivity contribution in [2.75, 3.05) is 16.2 Å². The van der Waals surface area contributed by atoms with Crippen molar-refractivity contribution >= 4 is 44.8 Å². The zero-order valence-electron chi connectivity index (χ0n) is 16.6. The van der Waals surface area contributed by atoms with Gasteiger partial charge < -0.3 is 15.8 Å². The number of nitrogens with one attached hydrogen (secondary N) is 1. The lowest BCUT2D eigenvalue weighted by Crippen LogP contribution is -2.48. The number of sulfonamides is 1. The molecule has 2 amide bonds. The number of para-hydroxylation sites is 2. The van der Waals surface area contributed by atoms with Crippen molar-refractivity contribution in [2.24, 2.45) is 5.73 Å². The number of carbonyl (C=O) groups is 2. The lowest BCUT2D eigenvalue weighted by atomic mass is 10.2. The van der Waals surface area contributed by atoms with Gasteiger partial charge in [0.25, 0.3) is 15.9 Å². The number of hydrogen-bond donors (Lipinski definition) is 2. The summed E-state index contributed by atoms with van der Waals surface area (Å²) >= 11 is 5.89. The number of amides is 2. The maximum absolute atomic E-state index is 13.3. The van der Waals surface area contributed by atoms with Crippen molar-refractivity contribution in [3.05, 3.63) is 83.4 Å². The minimum absolute atomic E-state index is 0.0415. The molecule has 1 aliphatic heterocycles. The minimum atomic E-state index is -3.98. The molecule has 1 aliphatic rings. The normalized spacial score (nSPS) is 15.4. The Kier molecular flexibility index (Phi) is 5.77. The molecule has 1 atom stereocenters. The van der Waals surface area contributed by atoms with Gasteiger partial charge in [-0.1, -0.05) is 23.7 Å². The number of nitrogens with zero attached hydrogens (tertiary/aromatic N) is 1. The van der Waals surface area contributed by atoms with Crippen LogP contribution in [-0.4, -0.2) is 32.9 Å². The van der Waals surface area contributed by atoms with E-state index in [4.69, 9.17) is 22.1 Å². The first kappa shape index (κ1) is 21.7. The quantitative estimate of drug-likeness (QED) is 0.592. The van der Waals surface area contributed by atoms with Gasteiger partial charge in [-0.15, -0.1) is 0 Å². The Balaban J connectivity index is 1.62. The van der Waals surface area contributed by atoms with E-state index in [0.29, 0.717) is 22.0 Å². The molecular formula is C22H18ClN3O5S. The van der Waals surface area contributed by atoms with Gasteiger partial charge in [0.05, 0.1) is 17.1 Å². The second kappa shape index (κ2) is 8.52. The van der Waals surface area contributed by atoms with Crippen LogP contribution in [0.1, 0.15) is 10.4 Å². The molecule has 164 valence electrons. The van der Waals surface area contributed by atoms with Gasteiger partial charge in [0, 0.05) is 16.3 Å². The predicted molar refractivity (Wildman–Crippen MR) is 120 cm³/mol. The first-order chi connectivity index (χ1) is 15.3. The number of benzene rings is 3. The molecule has 0 aliphatic carbocycles. The summed E-state index contributed by atoms with van der Waals surface area (Å²) in [5, 5.41) is 3.08. The lowest BCUT2D eigenvalue weighted by Gasteiger charge is -2.34. The van der Waals surface area contributed by atoms with E-state index in [1.807, 2.05) is 0 Å². The number of nitrogens with two attached hydrogens (primary N) is 1. The van der Waals surface area contributed by atoms with E-state index in [1.54, 1.807) is 24.3 Å². The minimum Gasteiger partial charge on any atom is -0.476 e. The van der Waals surface area contributed by atoms with E-state index in [-0.39, 0.29) is 17.2 Å². The van der Waals surface area contributed by atoms with Crippen LogP contribution in [0.25, 0.3) is 0 Å². The number of anilines is 2. The highest BCUT2D eigenvalue weighted by molar-refractivity contribution is 7.92. The lowest BCUT2D eigenvalue weighted by molar-refractivity contribution is -0.122. The van der Waals surface area contributed by atoms with Crippen LogP contribution in [-0.2, 0) is 14.8 Å². The molecule has 0 saturated heterocycles. The number of halogens is 1. The van der Waals surface area contributed by atoms with Gasteiger partial charge in [-0.05, 0) is 60.7 Å². The summed E-state index contributed by atoms with van der Waals surface area (Å²) in [6.07, 6.45) is -1.11. The third kappa shape index (κ3) is 4.25. The molecule has 3 aromatic rings. The van der Waals surface area contributed by atoms with Crippen molar-refractivity contribution in [3.63, 3.8) is 0 Å². The van der Waals surface area contributed by atoms with Crippen molar-refractivity contribution in [1.82, 2.24) is 0 Å². The highest BCUT2D eigenvalue weighted by Crippen LogP contribution is 2.37. The molecule has 8 nitrogen and oxygen atoms in total. The van der Waals surface area contributed by atoms with Crippen molar-refractivity contribution < 1.29 is 22.7 Å². The topological polar surface area (TPSA) is 119 Å². The third-order valence-electron chi connectivity index (χ3n) is 4.87. The van der Waals surface area contributed by atoms with Gasteiger partial charge in [-0.2, -0.15) is 0 Å². The van der Waals surface area contributed by atoms with E-state index >= 15 is 0 Å². The van der Waals surface area contributed by atoms with Gasteiger partial charge in [0.1, 0.15) is 5.75 Å². The molecular weight excluding hydrogens is 454 g/mol. The number of rotatable bonds is 5. The number of hydrogen-bond acceptors (Lipinski definition) is 5. The molecule has 3 N–H and O–H groups in total. The maximum atomic E-state index is 13.3. The van der Waals surface area contributed by atoms with Crippen molar-refractivity contribution in [2.45, 2.75) is 11.0 Å². The van der Waals surface area contributed by atoms with E-state index in [1.165, 1.54) is 48.5 Å². The molecule has 0 aromatic heterocycles. The summed E-state index contributed by atoms with van der Waals surface area (Å²) in [6.45, 7) is -0.229. The van der Waals surface area contributed by atoms with Gasteiger partial charge in [-0.25, -0.2) is 8.42 Å². The summed E-state index contributed by atoms with van der Waals surface area (Å²) < 4.78 is 33.6. The maximum Gasteiger partial charge on any atom is 0.267 e. The second-order valence-corrected chi connectivity index (χ2v) is 9.29. The predicted octanol–water partition coefficient (Wildman–Crippen LogP) is 3.03. The monoisotopic (exact) mass is 471 g/mol. The fourth-order valence-electron chi connectivity index (χ4n) is 3.24. The van der Waals surface area contributed by atoms with Gasteiger partial charge in [0.2, 0.25) is 5.91 Å². The Morgan fingerprint density at radius 1 is 1.00 bits per heavy atom. The zero-order chi connectivity index (χ0) is 22.9. The van der Waals surface area contributed by atoms with Crippen LogP contribution in [0.5, 0.6) is 5.75 Å². The summed E-state index contributed by atoms with van der Waals surface area (Å²) in [6, 6.07) is 18.4. The molecule has 4 rings (SSSR count). The van der Waals surface area contributed by atoms with E-state index in [0.717, 1.165) is 4.31 Å². The number of carbonyl (C=O) groups excluding carboxylic acids is 2. The van der Waals surface area contributed by atoms with Gasteiger partial charge in [0.15, 0.2) is 6.10 Å². The summed E-state index contributed by atoms with van der Waals surface area (Å²) in [4.78, 5) is 24.1. The molecule has 0 saturated carbocycles. The fourth-order valence-corrected chi connectivity index (χ4v) is 4.84. The number of primary amides is 1. The molecule has 10 heteroatoms. The Morgan fingerprint density at radius 3 is 2.31 bits per heavy atom. The molecule has 0 radical (unpaired) electrons. The molecule has 1 unspecified atom stereocenters. The Labute approximate surface area is 189 Å². The van der Waals surface area contributed by atoms with Crippen LogP contribution in [0, 0.1) is 0 Å². The Morgan fingerprint density at radius 2 is 1.66 bits per heavy atom. The SMILES string of the molecule is NC(=O)c1ccc(NC(=O)C2CN(S(=O)(=O)c3ccc(Cl)cc3)c3ccccc3O2)cc1. The van der Waals surface area contributed by atoms with E-state index in [9.17, 15) is 18.0 Å². The largest absolute Gasteiger partial charge is 0.476 e. The summed E-state index contributed by atoms with van der Waals surface area (Å²) in [7, 11) is -3.98. The summed E-state index contributed by atoms with van der Waals surface area (Å²) in [5.74, 6) is -0.860. The standard InChI is InChI=1S/C22H18ClN3O5S/c23-15-7-11-17(12-8-15)32(29,30)26-13-20(31-19-4-2-1-3-18(19)26)22(28)25-16-9-5-14(6-10-16)21(24)27/h1-12,20H,13H2,(H2,24,27)(H,25,28). The van der Waals surface area contributed by atoms with Crippen molar-refractivity contribution in [1.29, 1.82) is 0 Å². The fraction of sp³-hybridized carbons (Fsp3) is 0.0909. The van der Waals surface area contributed by atoms with Crippen LogP contribution in [0.3, 0.4) is 0 Å². The van der Waals surface area contributed by atoms with E-state index < -0.39 is 27.9 Å². The molecule has 3 aromatic carbocycles. The molecule has 1 heterocycles. The second-order valence-electron chi connectivity index (χ2n) is 7.00. The summed E-state index contributed by atoms with van der Waals surface area (Å²) in [5.41, 5.74) is 6.26. The third-order valence-corrected chi connectivity index (χ3v) is 6.91. The van der Waals surface area contributed by atoms with Crippen LogP contribution in [0.15, 0.2) is 77.7 Å².